The molecule has 0 aliphatic rings. The van der Waals surface area contributed by atoms with Gasteiger partial charge in [-0.25, -0.2) is 0 Å². The van der Waals surface area contributed by atoms with Crippen molar-refractivity contribution in [3.8, 4) is 0 Å². The molecule has 0 saturated heterocycles. The lowest BCUT2D eigenvalue weighted by molar-refractivity contribution is 1.23. The fourth-order valence-electron chi connectivity index (χ4n) is 1.91. The van der Waals surface area contributed by atoms with E-state index in [9.17, 15) is 0 Å². The van der Waals surface area contributed by atoms with Crippen molar-refractivity contribution >= 4 is 10.8 Å². The van der Waals surface area contributed by atoms with Crippen molar-refractivity contribution in [3.05, 3.63) is 40.7 Å². The third-order valence-electron chi connectivity index (χ3n) is 3.23. The molecule has 1 radical (unpaired) electrons. The van der Waals surface area contributed by atoms with Crippen molar-refractivity contribution in [2.75, 3.05) is 0 Å². The molecule has 0 fully saturated rings. The van der Waals surface area contributed by atoms with E-state index in [2.05, 4.69) is 44.9 Å². The van der Waals surface area contributed by atoms with Crippen LogP contribution in [0.1, 0.15) is 22.3 Å². The smallest absolute Gasteiger partial charge is 0.0973 e. The molecule has 0 aliphatic carbocycles. The highest BCUT2D eigenvalue weighted by Crippen LogP contribution is 2.27. The van der Waals surface area contributed by atoms with Crippen LogP contribution in [0.3, 0.4) is 0 Å². The van der Waals surface area contributed by atoms with Crippen molar-refractivity contribution in [1.29, 1.82) is 0 Å². The number of hydrogen-bond acceptors (Lipinski definition) is 1. The normalized spacial score (nSPS) is 10.9. The third kappa shape index (κ3) is 1.12. The maximum Gasteiger partial charge on any atom is 0.0973 e. The van der Waals surface area contributed by atoms with Crippen molar-refractivity contribution in [3.63, 3.8) is 0 Å². The Morgan fingerprint density at radius 1 is 0.929 bits per heavy atom. The zero-order valence-corrected chi connectivity index (χ0v) is 9.10. The Labute approximate surface area is 84.8 Å². The van der Waals surface area contributed by atoms with E-state index in [-0.39, 0.29) is 0 Å². The SMILES string of the molecule is Cc1c(C)c(C)c2ccn[c]c2c1C. The van der Waals surface area contributed by atoms with Crippen molar-refractivity contribution in [2.24, 2.45) is 0 Å². The number of rotatable bonds is 0. The van der Waals surface area contributed by atoms with Gasteiger partial charge in [0.2, 0.25) is 0 Å². The third-order valence-corrected chi connectivity index (χ3v) is 3.23. The van der Waals surface area contributed by atoms with Gasteiger partial charge in [-0.3, -0.25) is 4.98 Å². The highest BCUT2D eigenvalue weighted by molar-refractivity contribution is 5.89. The van der Waals surface area contributed by atoms with Crippen LogP contribution in [0.15, 0.2) is 12.3 Å². The molecule has 1 heterocycles. The maximum atomic E-state index is 4.06. The Kier molecular flexibility index (Phi) is 2.03. The number of fused-ring (bicyclic) bond motifs is 1. The molecule has 0 spiro atoms. The molecular formula is C13H14N. The van der Waals surface area contributed by atoms with Gasteiger partial charge in [0.05, 0.1) is 6.20 Å². The summed E-state index contributed by atoms with van der Waals surface area (Å²) < 4.78 is 0. The summed E-state index contributed by atoms with van der Waals surface area (Å²) in [5, 5.41) is 2.44. The van der Waals surface area contributed by atoms with Crippen LogP contribution in [0.4, 0.5) is 0 Å². The van der Waals surface area contributed by atoms with Gasteiger partial charge < -0.3 is 0 Å². The Bertz CT molecular complexity index is 452. The summed E-state index contributed by atoms with van der Waals surface area (Å²) >= 11 is 0. The molecule has 1 nitrogen and oxygen atoms in total. The van der Waals surface area contributed by atoms with Gasteiger partial charge in [0.15, 0.2) is 0 Å². The number of benzene rings is 1. The largest absolute Gasteiger partial charge is 0.254 e. The molecule has 1 heteroatoms. The fourth-order valence-corrected chi connectivity index (χ4v) is 1.91. The summed E-state index contributed by atoms with van der Waals surface area (Å²) in [6, 6.07) is 2.07. The summed E-state index contributed by atoms with van der Waals surface area (Å²) in [6.07, 6.45) is 4.89. The molecule has 0 unspecified atom stereocenters. The average molecular weight is 184 g/mol. The molecule has 0 amide bonds. The van der Waals surface area contributed by atoms with Gasteiger partial charge in [-0.15, -0.1) is 0 Å². The minimum absolute atomic E-state index is 1.16. The van der Waals surface area contributed by atoms with E-state index in [0.717, 1.165) is 5.39 Å². The molecule has 1 aromatic heterocycles. The summed E-state index contributed by atoms with van der Waals surface area (Å²) in [5.74, 6) is 0. The zero-order chi connectivity index (χ0) is 10.3. The quantitative estimate of drug-likeness (QED) is 0.612. The minimum Gasteiger partial charge on any atom is -0.254 e. The van der Waals surface area contributed by atoms with E-state index in [1.54, 1.807) is 0 Å². The molecule has 0 aliphatic heterocycles. The van der Waals surface area contributed by atoms with E-state index >= 15 is 0 Å². The van der Waals surface area contributed by atoms with E-state index in [4.69, 9.17) is 0 Å². The van der Waals surface area contributed by atoms with Crippen molar-refractivity contribution in [2.45, 2.75) is 27.7 Å². The molecular weight excluding hydrogens is 170 g/mol. The second kappa shape index (κ2) is 3.09. The topological polar surface area (TPSA) is 12.9 Å². The van der Waals surface area contributed by atoms with Crippen LogP contribution < -0.4 is 0 Å². The van der Waals surface area contributed by atoms with Crippen LogP contribution in [-0.2, 0) is 0 Å². The van der Waals surface area contributed by atoms with E-state index in [0.29, 0.717) is 0 Å². The van der Waals surface area contributed by atoms with E-state index in [1.165, 1.54) is 27.6 Å². The molecule has 1 aromatic carbocycles. The van der Waals surface area contributed by atoms with Crippen molar-refractivity contribution < 1.29 is 0 Å². The van der Waals surface area contributed by atoms with E-state index < -0.39 is 0 Å². The minimum atomic E-state index is 1.16. The molecule has 0 saturated carbocycles. The molecule has 71 valence electrons. The molecule has 14 heavy (non-hydrogen) atoms. The first-order chi connectivity index (χ1) is 6.63. The van der Waals surface area contributed by atoms with Crippen molar-refractivity contribution in [1.82, 2.24) is 4.98 Å². The van der Waals surface area contributed by atoms with Gasteiger partial charge in [-0.05, 0) is 61.4 Å². The van der Waals surface area contributed by atoms with Crippen LogP contribution in [0, 0.1) is 33.9 Å². The van der Waals surface area contributed by atoms with Crippen LogP contribution in [0.2, 0.25) is 0 Å². The van der Waals surface area contributed by atoms with E-state index in [1.807, 2.05) is 6.20 Å². The van der Waals surface area contributed by atoms with Gasteiger partial charge in [0.1, 0.15) is 0 Å². The van der Waals surface area contributed by atoms with Gasteiger partial charge in [0.25, 0.3) is 0 Å². The Morgan fingerprint density at radius 3 is 2.29 bits per heavy atom. The highest BCUT2D eigenvalue weighted by Gasteiger charge is 2.07. The second-order valence-electron chi connectivity index (χ2n) is 3.85. The average Bonchev–Trinajstić information content (AvgIpc) is 2.23. The first kappa shape index (κ1) is 9.20. The van der Waals surface area contributed by atoms with Crippen LogP contribution in [-0.4, -0.2) is 4.98 Å². The van der Waals surface area contributed by atoms with Gasteiger partial charge in [0, 0.05) is 11.6 Å². The predicted molar refractivity (Wildman–Crippen MR) is 59.5 cm³/mol. The first-order valence-corrected chi connectivity index (χ1v) is 4.85. The molecule has 2 aromatic rings. The second-order valence-corrected chi connectivity index (χ2v) is 3.85. The molecule has 0 N–H and O–H groups in total. The van der Waals surface area contributed by atoms with Gasteiger partial charge >= 0.3 is 0 Å². The highest BCUT2D eigenvalue weighted by atomic mass is 14.6. The monoisotopic (exact) mass is 184 g/mol. The lowest BCUT2D eigenvalue weighted by atomic mass is 9.93. The molecule has 0 bridgehead atoms. The Balaban J connectivity index is 3.02. The number of aryl methyl sites for hydroxylation is 2. The zero-order valence-electron chi connectivity index (χ0n) is 9.10. The predicted octanol–water partition coefficient (Wildman–Crippen LogP) is 3.27. The molecule has 0 atom stereocenters. The number of aromatic nitrogens is 1. The number of pyridine rings is 1. The van der Waals surface area contributed by atoms with Gasteiger partial charge in [-0.2, -0.15) is 0 Å². The van der Waals surface area contributed by atoms with Crippen LogP contribution >= 0.6 is 0 Å². The Hall–Kier alpha value is -1.37. The van der Waals surface area contributed by atoms with Crippen LogP contribution in [0.5, 0.6) is 0 Å². The van der Waals surface area contributed by atoms with Gasteiger partial charge in [-0.1, -0.05) is 0 Å². The summed E-state index contributed by atoms with van der Waals surface area (Å²) in [7, 11) is 0. The molecule has 2 rings (SSSR count). The first-order valence-electron chi connectivity index (χ1n) is 4.85. The summed E-state index contributed by atoms with van der Waals surface area (Å²) in [4.78, 5) is 4.06. The summed E-state index contributed by atoms with van der Waals surface area (Å²) in [6.45, 7) is 8.65. The number of hydrogen-bond donors (Lipinski definition) is 0. The fraction of sp³-hybridized carbons (Fsp3) is 0.308. The lowest BCUT2D eigenvalue weighted by Crippen LogP contribution is -1.94. The standard InChI is InChI=1S/C13H14N/c1-8-9(2)11(4)13-7-14-6-5-12(13)10(8)3/h5-6H,1-4H3. The number of nitrogens with zero attached hydrogens (tertiary/aromatic N) is 1. The summed E-state index contributed by atoms with van der Waals surface area (Å²) in [5.41, 5.74) is 5.40. The van der Waals surface area contributed by atoms with Crippen LogP contribution in [0.25, 0.3) is 10.8 Å². The lowest BCUT2D eigenvalue weighted by Gasteiger charge is -2.12. The maximum absolute atomic E-state index is 4.06. The Morgan fingerprint density at radius 2 is 1.57 bits per heavy atom.